The molecular weight excluding hydrogens is 302 g/mol. The summed E-state index contributed by atoms with van der Waals surface area (Å²) in [5, 5.41) is 11.7. The second kappa shape index (κ2) is 8.74. The quantitative estimate of drug-likeness (QED) is 0.550. The average Bonchev–Trinajstić information content (AvgIpc) is 2.45. The maximum Gasteiger partial charge on any atom is 0.410 e. The highest BCUT2D eigenvalue weighted by atomic mass is 16.7. The summed E-state index contributed by atoms with van der Waals surface area (Å²) in [6.07, 6.45) is 2.92. The number of aliphatic carboxylic acids is 1. The van der Waals surface area contributed by atoms with E-state index < -0.39 is 29.7 Å². The van der Waals surface area contributed by atoms with Gasteiger partial charge in [0.2, 0.25) is 6.29 Å². The van der Waals surface area contributed by atoms with Gasteiger partial charge in [-0.1, -0.05) is 33.1 Å². The highest BCUT2D eigenvalue weighted by molar-refractivity contribution is 5.72. The monoisotopic (exact) mass is 329 g/mol. The number of carboxylic acid groups (broad SMARTS) is 1. The van der Waals surface area contributed by atoms with Crippen molar-refractivity contribution in [2.75, 3.05) is 6.54 Å². The topological polar surface area (TPSA) is 102 Å². The van der Waals surface area contributed by atoms with Gasteiger partial charge in [-0.25, -0.2) is 4.79 Å². The molecule has 0 radical (unpaired) electrons. The largest absolute Gasteiger partial charge is 0.481 e. The fraction of sp³-hybridized carbons (Fsp3) is 0.812. The van der Waals surface area contributed by atoms with Crippen LogP contribution in [0.1, 0.15) is 59.3 Å². The number of amides is 1. The molecule has 1 fully saturated rings. The van der Waals surface area contributed by atoms with Crippen LogP contribution < -0.4 is 5.32 Å². The Morgan fingerprint density at radius 3 is 2.22 bits per heavy atom. The molecular formula is C16H27NO6. The molecule has 132 valence electrons. The van der Waals surface area contributed by atoms with E-state index in [1.807, 2.05) is 0 Å². The summed E-state index contributed by atoms with van der Waals surface area (Å²) < 4.78 is 9.92. The van der Waals surface area contributed by atoms with Gasteiger partial charge in [0.1, 0.15) is 0 Å². The van der Waals surface area contributed by atoms with Gasteiger partial charge in [0.25, 0.3) is 0 Å². The van der Waals surface area contributed by atoms with Gasteiger partial charge in [0.15, 0.2) is 0 Å². The molecule has 0 aromatic rings. The number of carbonyl (C=O) groups is 3. The zero-order chi connectivity index (χ0) is 17.5. The van der Waals surface area contributed by atoms with Crippen molar-refractivity contribution in [1.82, 2.24) is 5.32 Å². The second-order valence-corrected chi connectivity index (χ2v) is 6.55. The Labute approximate surface area is 136 Å². The van der Waals surface area contributed by atoms with E-state index >= 15 is 0 Å². The average molecular weight is 329 g/mol. The molecule has 1 amide bonds. The first-order valence-electron chi connectivity index (χ1n) is 8.11. The van der Waals surface area contributed by atoms with Crippen LogP contribution in [0.3, 0.4) is 0 Å². The number of ether oxygens (including phenoxy) is 2. The molecule has 0 saturated heterocycles. The molecule has 0 aromatic carbocycles. The number of hydrogen-bond acceptors (Lipinski definition) is 5. The summed E-state index contributed by atoms with van der Waals surface area (Å²) in [5.41, 5.74) is -0.416. The Morgan fingerprint density at radius 1 is 1.09 bits per heavy atom. The summed E-state index contributed by atoms with van der Waals surface area (Å²) in [6.45, 7) is 5.10. The molecule has 7 heteroatoms. The normalized spacial score (nSPS) is 18.1. The molecule has 0 spiro atoms. The number of carboxylic acids is 1. The van der Waals surface area contributed by atoms with Gasteiger partial charge in [-0.15, -0.1) is 0 Å². The molecule has 1 saturated carbocycles. The highest BCUT2D eigenvalue weighted by Crippen LogP contribution is 2.38. The lowest BCUT2D eigenvalue weighted by molar-refractivity contribution is -0.168. The van der Waals surface area contributed by atoms with E-state index in [2.05, 4.69) is 5.32 Å². The fourth-order valence-corrected chi connectivity index (χ4v) is 2.81. The van der Waals surface area contributed by atoms with Crippen LogP contribution in [0.25, 0.3) is 0 Å². The van der Waals surface area contributed by atoms with Crippen LogP contribution in [-0.2, 0) is 19.1 Å². The number of rotatable bonds is 7. The van der Waals surface area contributed by atoms with Gasteiger partial charge in [-0.3, -0.25) is 9.59 Å². The fourth-order valence-electron chi connectivity index (χ4n) is 2.81. The Bertz CT molecular complexity index is 428. The predicted molar refractivity (Wildman–Crippen MR) is 82.6 cm³/mol. The summed E-state index contributed by atoms with van der Waals surface area (Å²) in [5.74, 6) is -1.61. The summed E-state index contributed by atoms with van der Waals surface area (Å²) >= 11 is 0. The predicted octanol–water partition coefficient (Wildman–Crippen LogP) is 2.68. The maximum atomic E-state index is 11.8. The summed E-state index contributed by atoms with van der Waals surface area (Å²) in [7, 11) is 0. The van der Waals surface area contributed by atoms with Crippen LogP contribution in [0.5, 0.6) is 0 Å². The minimum atomic E-state index is -0.980. The van der Waals surface area contributed by atoms with E-state index in [1.54, 1.807) is 13.8 Å². The van der Waals surface area contributed by atoms with Crippen molar-refractivity contribution in [1.29, 1.82) is 0 Å². The number of alkyl carbamates (subject to hydrolysis) is 1. The van der Waals surface area contributed by atoms with Gasteiger partial charge < -0.3 is 19.9 Å². The second-order valence-electron chi connectivity index (χ2n) is 6.55. The maximum absolute atomic E-state index is 11.8. The Hall–Kier alpha value is -1.79. The molecule has 1 atom stereocenters. The van der Waals surface area contributed by atoms with E-state index in [0.717, 1.165) is 32.1 Å². The van der Waals surface area contributed by atoms with Gasteiger partial charge in [-0.05, 0) is 18.3 Å². The van der Waals surface area contributed by atoms with Crippen molar-refractivity contribution in [3.63, 3.8) is 0 Å². The first kappa shape index (κ1) is 19.3. The molecule has 0 unspecified atom stereocenters. The molecule has 0 aliphatic heterocycles. The lowest BCUT2D eigenvalue weighted by atomic mass is 9.72. The lowest BCUT2D eigenvalue weighted by Crippen LogP contribution is -2.41. The first-order chi connectivity index (χ1) is 10.7. The van der Waals surface area contributed by atoms with Gasteiger partial charge in [-0.2, -0.15) is 0 Å². The van der Waals surface area contributed by atoms with Crippen LogP contribution in [0.4, 0.5) is 4.79 Å². The zero-order valence-electron chi connectivity index (χ0n) is 14.1. The van der Waals surface area contributed by atoms with Crippen LogP contribution in [0.15, 0.2) is 0 Å². The molecule has 0 aromatic heterocycles. The van der Waals surface area contributed by atoms with Crippen molar-refractivity contribution in [3.8, 4) is 0 Å². The SMILES string of the molecule is CC(C)C(=O)O[C@H](C)OC(=O)NCC1(CC(=O)O)CCCCC1. The zero-order valence-corrected chi connectivity index (χ0v) is 14.1. The summed E-state index contributed by atoms with van der Waals surface area (Å²) in [4.78, 5) is 34.3. The molecule has 0 bridgehead atoms. The molecule has 1 aliphatic rings. The Morgan fingerprint density at radius 2 is 1.70 bits per heavy atom. The van der Waals surface area contributed by atoms with E-state index in [0.29, 0.717) is 0 Å². The van der Waals surface area contributed by atoms with Gasteiger partial charge in [0.05, 0.1) is 12.3 Å². The number of esters is 1. The van der Waals surface area contributed by atoms with Crippen LogP contribution in [-0.4, -0.2) is 36.0 Å². The number of hydrogen-bond donors (Lipinski definition) is 2. The smallest absolute Gasteiger partial charge is 0.410 e. The lowest BCUT2D eigenvalue weighted by Gasteiger charge is -2.36. The van der Waals surface area contributed by atoms with Crippen molar-refractivity contribution >= 4 is 18.0 Å². The molecule has 2 N–H and O–H groups in total. The Balaban J connectivity index is 2.46. The first-order valence-corrected chi connectivity index (χ1v) is 8.11. The van der Waals surface area contributed by atoms with E-state index in [-0.39, 0.29) is 18.9 Å². The van der Waals surface area contributed by atoms with E-state index in [1.165, 1.54) is 6.92 Å². The molecule has 1 rings (SSSR count). The summed E-state index contributed by atoms with van der Waals surface area (Å²) in [6, 6.07) is 0. The van der Waals surface area contributed by atoms with Crippen molar-refractivity contribution < 1.29 is 29.0 Å². The van der Waals surface area contributed by atoms with Crippen molar-refractivity contribution in [2.24, 2.45) is 11.3 Å². The third kappa shape index (κ3) is 6.88. The van der Waals surface area contributed by atoms with Crippen LogP contribution in [0, 0.1) is 11.3 Å². The van der Waals surface area contributed by atoms with Gasteiger partial charge in [0, 0.05) is 13.5 Å². The van der Waals surface area contributed by atoms with E-state index in [9.17, 15) is 14.4 Å². The van der Waals surface area contributed by atoms with Crippen LogP contribution in [0.2, 0.25) is 0 Å². The van der Waals surface area contributed by atoms with Crippen molar-refractivity contribution in [3.05, 3.63) is 0 Å². The minimum absolute atomic E-state index is 0.0329. The molecule has 7 nitrogen and oxygen atoms in total. The number of carbonyl (C=O) groups excluding carboxylic acids is 2. The highest BCUT2D eigenvalue weighted by Gasteiger charge is 2.35. The van der Waals surface area contributed by atoms with E-state index in [4.69, 9.17) is 14.6 Å². The molecule has 23 heavy (non-hydrogen) atoms. The molecule has 1 aliphatic carbocycles. The van der Waals surface area contributed by atoms with Crippen LogP contribution >= 0.6 is 0 Å². The minimum Gasteiger partial charge on any atom is -0.481 e. The van der Waals surface area contributed by atoms with Gasteiger partial charge >= 0.3 is 18.0 Å². The third-order valence-electron chi connectivity index (χ3n) is 4.07. The Kier molecular flexibility index (Phi) is 7.32. The third-order valence-corrected chi connectivity index (χ3v) is 4.07. The number of nitrogens with one attached hydrogen (secondary N) is 1. The van der Waals surface area contributed by atoms with Crippen molar-refractivity contribution in [2.45, 2.75) is 65.6 Å². The molecule has 0 heterocycles. The standard InChI is InChI=1S/C16H27NO6/c1-11(2)14(20)22-12(3)23-15(21)17-10-16(9-13(18)19)7-5-4-6-8-16/h11-12H,4-10H2,1-3H3,(H,17,21)(H,18,19)/t12-/m0/s1.